The highest BCUT2D eigenvalue weighted by Crippen LogP contribution is 2.22. The highest BCUT2D eigenvalue weighted by Gasteiger charge is 2.15. The Bertz CT molecular complexity index is 1660. The maximum atomic E-state index is 12.1. The molecular formula is C50H85N3O21. The number of amides is 2. The summed E-state index contributed by atoms with van der Waals surface area (Å²) in [6.45, 7) is 19.5. The van der Waals surface area contributed by atoms with Crippen molar-refractivity contribution in [2.24, 2.45) is 0 Å². The number of hydrogen-bond acceptors (Lipinski definition) is 22. The van der Waals surface area contributed by atoms with Gasteiger partial charge in [0.2, 0.25) is 0 Å². The molecule has 0 aliphatic heterocycles. The van der Waals surface area contributed by atoms with E-state index in [9.17, 15) is 14.4 Å². The number of nitrogens with one attached hydrogen (secondary N) is 2. The number of ether oxygens (including phenoxy) is 18. The lowest BCUT2D eigenvalue weighted by Crippen LogP contribution is -2.34. The van der Waals surface area contributed by atoms with Crippen LogP contribution >= 0.6 is 0 Å². The van der Waals surface area contributed by atoms with Gasteiger partial charge in [0.1, 0.15) is 11.4 Å². The summed E-state index contributed by atoms with van der Waals surface area (Å²) in [6.07, 6.45) is 1.06. The first-order valence-electron chi connectivity index (χ1n) is 25.2. The fraction of sp³-hybridized carbons (Fsp3) is 0.760. The summed E-state index contributed by atoms with van der Waals surface area (Å²) < 4.78 is 97.9. The molecule has 2 rings (SSSR count). The second kappa shape index (κ2) is 47.5. The number of carbonyl (C=O) groups excluding carboxylic acids is 3. The highest BCUT2D eigenvalue weighted by atomic mass is 16.6. The summed E-state index contributed by atoms with van der Waals surface area (Å²) in [4.78, 5) is 39.9. The fourth-order valence-electron chi connectivity index (χ4n) is 5.69. The maximum absolute atomic E-state index is 12.1. The van der Waals surface area contributed by atoms with Crippen LogP contribution in [0.2, 0.25) is 0 Å². The van der Waals surface area contributed by atoms with Crippen LogP contribution in [0.5, 0.6) is 5.75 Å². The lowest BCUT2D eigenvalue weighted by atomic mass is 10.1. The highest BCUT2D eigenvalue weighted by molar-refractivity contribution is 6.03. The van der Waals surface area contributed by atoms with Crippen LogP contribution in [0.3, 0.4) is 0 Å². The minimum absolute atomic E-state index is 0.173. The Kier molecular flexibility index (Phi) is 42.5. The van der Waals surface area contributed by atoms with Gasteiger partial charge in [0.25, 0.3) is 5.91 Å². The third-order valence-electron chi connectivity index (χ3n) is 9.18. The first-order chi connectivity index (χ1) is 36.2. The van der Waals surface area contributed by atoms with Gasteiger partial charge >= 0.3 is 12.1 Å². The molecule has 2 N–H and O–H groups in total. The summed E-state index contributed by atoms with van der Waals surface area (Å²) in [5.74, 6) is -0.289. The van der Waals surface area contributed by atoms with Crippen LogP contribution in [0.4, 0.5) is 4.79 Å². The van der Waals surface area contributed by atoms with Crippen LogP contribution in [0.15, 0.2) is 30.5 Å². The van der Waals surface area contributed by atoms with E-state index in [1.165, 1.54) is 13.3 Å². The monoisotopic (exact) mass is 1060 g/mol. The van der Waals surface area contributed by atoms with E-state index in [1.54, 1.807) is 24.3 Å². The predicted molar refractivity (Wildman–Crippen MR) is 268 cm³/mol. The molecule has 0 fully saturated rings. The van der Waals surface area contributed by atoms with Gasteiger partial charge in [0.05, 0.1) is 216 Å². The van der Waals surface area contributed by atoms with Crippen molar-refractivity contribution in [2.75, 3.05) is 225 Å². The minimum atomic E-state index is -0.522. The Morgan fingerprint density at radius 1 is 0.446 bits per heavy atom. The summed E-state index contributed by atoms with van der Waals surface area (Å²) in [5.41, 5.74) is 0.438. The molecule has 426 valence electrons. The van der Waals surface area contributed by atoms with Crippen LogP contribution < -0.4 is 15.4 Å². The van der Waals surface area contributed by atoms with E-state index in [1.807, 2.05) is 20.8 Å². The molecule has 74 heavy (non-hydrogen) atoms. The maximum Gasteiger partial charge on any atom is 0.407 e. The zero-order chi connectivity index (χ0) is 53.3. The van der Waals surface area contributed by atoms with E-state index >= 15 is 0 Å². The van der Waals surface area contributed by atoms with Crippen LogP contribution in [0, 0.1) is 0 Å². The van der Waals surface area contributed by atoms with Crippen molar-refractivity contribution in [3.8, 4) is 5.75 Å². The molecule has 1 heterocycles. The lowest BCUT2D eigenvalue weighted by Gasteiger charge is -2.19. The number of esters is 1. The number of nitrogens with zero attached hydrogens (tertiary/aromatic N) is 1. The van der Waals surface area contributed by atoms with Crippen molar-refractivity contribution in [1.29, 1.82) is 0 Å². The molecule has 0 unspecified atom stereocenters. The SMILES string of the molecule is COC(=O)c1ccnc2cc(OCC(=O)NCCOCCOCCOCCOCCOCCOCCOCCOCCOCCOCCOCCOCCOCCOCCOCCNC(=O)OC(C)(C)C)ccc12. The van der Waals surface area contributed by atoms with Gasteiger partial charge in [-0.25, -0.2) is 9.59 Å². The topological polar surface area (TPSA) is 254 Å². The molecule has 1 aromatic heterocycles. The van der Waals surface area contributed by atoms with Crippen LogP contribution in [0.25, 0.3) is 10.9 Å². The number of methoxy groups -OCH3 is 1. The molecule has 0 radical (unpaired) electrons. The van der Waals surface area contributed by atoms with Gasteiger partial charge < -0.3 is 95.9 Å². The van der Waals surface area contributed by atoms with Gasteiger partial charge in [-0.2, -0.15) is 0 Å². The molecule has 0 atom stereocenters. The quantitative estimate of drug-likeness (QED) is 0.0712. The van der Waals surface area contributed by atoms with Crippen molar-refractivity contribution in [3.63, 3.8) is 0 Å². The third kappa shape index (κ3) is 40.4. The van der Waals surface area contributed by atoms with E-state index in [2.05, 4.69) is 15.6 Å². The van der Waals surface area contributed by atoms with Crippen LogP contribution in [-0.4, -0.2) is 254 Å². The molecule has 0 bridgehead atoms. The summed E-state index contributed by atoms with van der Waals surface area (Å²) in [7, 11) is 1.32. The molecule has 0 spiro atoms. The molecule has 24 nitrogen and oxygen atoms in total. The van der Waals surface area contributed by atoms with Gasteiger partial charge in [0.15, 0.2) is 6.61 Å². The number of fused-ring (bicyclic) bond motifs is 1. The van der Waals surface area contributed by atoms with Crippen molar-refractivity contribution < 1.29 is 99.6 Å². The fourth-order valence-corrected chi connectivity index (χ4v) is 5.69. The van der Waals surface area contributed by atoms with Crippen molar-refractivity contribution in [2.45, 2.75) is 26.4 Å². The van der Waals surface area contributed by atoms with E-state index in [0.29, 0.717) is 234 Å². The van der Waals surface area contributed by atoms with Crippen LogP contribution in [-0.2, 0) is 85.3 Å². The first-order valence-corrected chi connectivity index (χ1v) is 25.2. The van der Waals surface area contributed by atoms with Crippen LogP contribution in [0.1, 0.15) is 31.1 Å². The second-order valence-corrected chi connectivity index (χ2v) is 16.3. The second-order valence-electron chi connectivity index (χ2n) is 16.3. The molecule has 0 aliphatic rings. The number of rotatable bonds is 52. The Labute approximate surface area is 436 Å². The Morgan fingerprint density at radius 3 is 1.09 bits per heavy atom. The summed E-state index contributed by atoms with van der Waals surface area (Å²) in [6, 6.07) is 6.63. The molecule has 2 aromatic rings. The number of carbonyl (C=O) groups is 3. The van der Waals surface area contributed by atoms with Gasteiger partial charge in [-0.05, 0) is 39.0 Å². The molecule has 24 heteroatoms. The average molecular weight is 1060 g/mol. The predicted octanol–water partition coefficient (Wildman–Crippen LogP) is 2.29. The number of alkyl carbamates (subject to hydrolysis) is 1. The lowest BCUT2D eigenvalue weighted by molar-refractivity contribution is -0.123. The summed E-state index contributed by atoms with van der Waals surface area (Å²) >= 11 is 0. The van der Waals surface area contributed by atoms with Gasteiger partial charge in [0, 0.05) is 30.7 Å². The minimum Gasteiger partial charge on any atom is -0.484 e. The third-order valence-corrected chi connectivity index (χ3v) is 9.18. The van der Waals surface area contributed by atoms with E-state index in [0.717, 1.165) is 0 Å². The van der Waals surface area contributed by atoms with E-state index in [-0.39, 0.29) is 12.5 Å². The van der Waals surface area contributed by atoms with Gasteiger partial charge in [-0.3, -0.25) is 9.78 Å². The Morgan fingerprint density at radius 2 is 0.770 bits per heavy atom. The average Bonchev–Trinajstić information content (AvgIpc) is 3.38. The van der Waals surface area contributed by atoms with E-state index in [4.69, 9.17) is 85.3 Å². The van der Waals surface area contributed by atoms with Crippen molar-refractivity contribution in [1.82, 2.24) is 15.6 Å². The zero-order valence-electron chi connectivity index (χ0n) is 44.2. The van der Waals surface area contributed by atoms with E-state index < -0.39 is 17.7 Å². The largest absolute Gasteiger partial charge is 0.484 e. The number of benzene rings is 1. The summed E-state index contributed by atoms with van der Waals surface area (Å²) in [5, 5.41) is 6.00. The molecule has 0 saturated heterocycles. The molecule has 2 amide bonds. The zero-order valence-corrected chi connectivity index (χ0v) is 44.2. The normalized spacial score (nSPS) is 11.6. The number of aromatic nitrogens is 1. The molecule has 0 aliphatic carbocycles. The number of pyridine rings is 1. The molecular weight excluding hydrogens is 979 g/mol. The smallest absolute Gasteiger partial charge is 0.407 e. The standard InChI is InChI=1S/C50H85N3O21/c1-50(2,3)74-49(56)53-10-12-59-14-16-61-18-20-63-22-24-65-26-28-67-30-32-69-34-36-71-38-40-72-39-37-70-35-33-68-31-29-66-27-25-64-23-21-62-19-17-60-15-13-58-11-9-52-47(54)42-73-43-5-6-44-45(48(55)57-4)7-8-51-46(44)41-43/h5-8,41H,9-40,42H2,1-4H3,(H,52,54)(H,53,56). The first kappa shape index (κ1) is 66.2. The van der Waals surface area contributed by atoms with Crippen molar-refractivity contribution >= 4 is 28.9 Å². The van der Waals surface area contributed by atoms with Gasteiger partial charge in [-0.1, -0.05) is 0 Å². The Balaban J connectivity index is 1.15. The number of hydrogen-bond donors (Lipinski definition) is 2. The van der Waals surface area contributed by atoms with Crippen molar-refractivity contribution in [3.05, 3.63) is 36.0 Å². The van der Waals surface area contributed by atoms with Gasteiger partial charge in [-0.15, -0.1) is 0 Å². The molecule has 0 saturated carbocycles. The molecule has 1 aromatic carbocycles. The Hall–Kier alpha value is -3.96.